The summed E-state index contributed by atoms with van der Waals surface area (Å²) in [4.78, 5) is 23.4. The highest BCUT2D eigenvalue weighted by Crippen LogP contribution is 2.21. The first-order valence-electron chi connectivity index (χ1n) is 5.50. The Morgan fingerprint density at radius 3 is 2.59 bits per heavy atom. The molecule has 17 heavy (non-hydrogen) atoms. The van der Waals surface area contributed by atoms with E-state index < -0.39 is 5.41 Å². The molecule has 0 aliphatic heterocycles. The molecular weight excluding hydrogens is 214 g/mol. The normalized spacial score (nSPS) is 11.5. The Kier molecular flexibility index (Phi) is 2.79. The fraction of sp³-hybridized carbons (Fsp3) is 0.308. The van der Waals surface area contributed by atoms with E-state index in [0.29, 0.717) is 11.5 Å². The average molecular weight is 229 g/mol. The van der Waals surface area contributed by atoms with Gasteiger partial charge in [-0.15, -0.1) is 0 Å². The van der Waals surface area contributed by atoms with Gasteiger partial charge in [-0.05, 0) is 12.1 Å². The van der Waals surface area contributed by atoms with E-state index in [1.165, 1.54) is 0 Å². The molecule has 0 aromatic carbocycles. The first kappa shape index (κ1) is 11.5. The zero-order valence-electron chi connectivity index (χ0n) is 10.2. The number of carbonyl (C=O) groups is 1. The summed E-state index contributed by atoms with van der Waals surface area (Å²) in [5, 5.41) is 0. The molecule has 2 aromatic rings. The largest absolute Gasteiger partial charge is 0.334 e. The van der Waals surface area contributed by atoms with Gasteiger partial charge in [0.15, 0.2) is 11.6 Å². The molecule has 2 aromatic heterocycles. The van der Waals surface area contributed by atoms with Crippen LogP contribution in [0.3, 0.4) is 0 Å². The zero-order valence-corrected chi connectivity index (χ0v) is 10.2. The summed E-state index contributed by atoms with van der Waals surface area (Å²) < 4.78 is 0. The molecule has 0 bridgehead atoms. The van der Waals surface area contributed by atoms with Crippen molar-refractivity contribution in [1.29, 1.82) is 0 Å². The number of nitrogens with one attached hydrogen (secondary N) is 1. The summed E-state index contributed by atoms with van der Waals surface area (Å²) in [7, 11) is 0. The summed E-state index contributed by atoms with van der Waals surface area (Å²) in [6, 6.07) is 5.58. The van der Waals surface area contributed by atoms with E-state index in [1.807, 2.05) is 39.0 Å². The van der Waals surface area contributed by atoms with Crippen molar-refractivity contribution in [2.24, 2.45) is 5.41 Å². The van der Waals surface area contributed by atoms with Gasteiger partial charge in [0.2, 0.25) is 0 Å². The minimum Gasteiger partial charge on any atom is -0.334 e. The molecule has 0 saturated carbocycles. The van der Waals surface area contributed by atoms with Gasteiger partial charge in [0.25, 0.3) is 0 Å². The van der Waals surface area contributed by atoms with Gasteiger partial charge >= 0.3 is 0 Å². The molecule has 2 heterocycles. The quantitative estimate of drug-likeness (QED) is 0.805. The van der Waals surface area contributed by atoms with E-state index in [0.717, 1.165) is 5.69 Å². The number of H-pyrrole nitrogens is 1. The van der Waals surface area contributed by atoms with Gasteiger partial charge in [0, 0.05) is 11.6 Å². The predicted molar refractivity (Wildman–Crippen MR) is 65.6 cm³/mol. The zero-order chi connectivity index (χ0) is 12.5. The highest BCUT2D eigenvalue weighted by molar-refractivity contribution is 5.98. The molecule has 4 nitrogen and oxygen atoms in total. The molecule has 2 rings (SSSR count). The maximum absolute atomic E-state index is 12.0. The SMILES string of the molecule is CC(C)(C)C(=O)c1cnc(-c2ccccn2)[nH]1. The summed E-state index contributed by atoms with van der Waals surface area (Å²) in [6.07, 6.45) is 3.26. The molecule has 0 amide bonds. The van der Waals surface area contributed by atoms with Gasteiger partial charge in [-0.3, -0.25) is 9.78 Å². The number of imidazole rings is 1. The van der Waals surface area contributed by atoms with E-state index >= 15 is 0 Å². The fourth-order valence-corrected chi connectivity index (χ4v) is 1.47. The number of aromatic amines is 1. The monoisotopic (exact) mass is 229 g/mol. The topological polar surface area (TPSA) is 58.6 Å². The summed E-state index contributed by atoms with van der Waals surface area (Å²) in [5.41, 5.74) is 0.854. The number of nitrogens with zero attached hydrogens (tertiary/aromatic N) is 2. The number of carbonyl (C=O) groups excluding carboxylic acids is 1. The summed E-state index contributed by atoms with van der Waals surface area (Å²) in [6.45, 7) is 5.66. The van der Waals surface area contributed by atoms with Crippen molar-refractivity contribution in [3.8, 4) is 11.5 Å². The molecule has 0 fully saturated rings. The molecule has 0 aliphatic rings. The molecule has 4 heteroatoms. The molecule has 0 unspecified atom stereocenters. The average Bonchev–Trinajstić information content (AvgIpc) is 2.77. The Hall–Kier alpha value is -1.97. The highest BCUT2D eigenvalue weighted by Gasteiger charge is 2.24. The number of hydrogen-bond acceptors (Lipinski definition) is 3. The molecule has 0 saturated heterocycles. The number of aromatic nitrogens is 3. The first-order chi connectivity index (χ1) is 7.98. The molecule has 0 radical (unpaired) electrons. The Morgan fingerprint density at radius 1 is 1.24 bits per heavy atom. The van der Waals surface area contributed by atoms with Crippen LogP contribution in [0.2, 0.25) is 0 Å². The van der Waals surface area contributed by atoms with Crippen molar-refractivity contribution in [2.45, 2.75) is 20.8 Å². The minimum atomic E-state index is -0.409. The van der Waals surface area contributed by atoms with Crippen molar-refractivity contribution in [3.63, 3.8) is 0 Å². The third kappa shape index (κ3) is 2.41. The summed E-state index contributed by atoms with van der Waals surface area (Å²) >= 11 is 0. The third-order valence-corrected chi connectivity index (χ3v) is 2.41. The Bertz CT molecular complexity index is 523. The van der Waals surface area contributed by atoms with Gasteiger partial charge in [-0.2, -0.15) is 0 Å². The van der Waals surface area contributed by atoms with E-state index in [4.69, 9.17) is 0 Å². The van der Waals surface area contributed by atoms with Crippen LogP contribution in [-0.4, -0.2) is 20.7 Å². The van der Waals surface area contributed by atoms with Crippen LogP contribution in [0.1, 0.15) is 31.3 Å². The lowest BCUT2D eigenvalue weighted by molar-refractivity contribution is 0.0853. The lowest BCUT2D eigenvalue weighted by atomic mass is 9.89. The Labute approximate surface area is 100 Å². The van der Waals surface area contributed by atoms with Gasteiger partial charge in [0.05, 0.1) is 6.20 Å². The lowest BCUT2D eigenvalue weighted by Crippen LogP contribution is -2.20. The van der Waals surface area contributed by atoms with Gasteiger partial charge in [0.1, 0.15) is 11.4 Å². The number of ketones is 1. The highest BCUT2D eigenvalue weighted by atomic mass is 16.1. The molecule has 1 N–H and O–H groups in total. The number of rotatable bonds is 2. The molecular formula is C13H15N3O. The molecule has 88 valence electrons. The van der Waals surface area contributed by atoms with Gasteiger partial charge in [-0.1, -0.05) is 26.8 Å². The van der Waals surface area contributed by atoms with Crippen LogP contribution in [0.5, 0.6) is 0 Å². The maximum Gasteiger partial charge on any atom is 0.185 e. The van der Waals surface area contributed by atoms with Crippen molar-refractivity contribution in [2.75, 3.05) is 0 Å². The van der Waals surface area contributed by atoms with E-state index in [2.05, 4.69) is 15.0 Å². The maximum atomic E-state index is 12.0. The van der Waals surface area contributed by atoms with Crippen LogP contribution in [0.15, 0.2) is 30.6 Å². The van der Waals surface area contributed by atoms with Crippen molar-refractivity contribution < 1.29 is 4.79 Å². The van der Waals surface area contributed by atoms with E-state index in [9.17, 15) is 4.79 Å². The molecule has 0 spiro atoms. The predicted octanol–water partition coefficient (Wildman–Crippen LogP) is 2.70. The second-order valence-corrected chi connectivity index (χ2v) is 4.94. The van der Waals surface area contributed by atoms with Crippen LogP contribution >= 0.6 is 0 Å². The smallest absolute Gasteiger partial charge is 0.185 e. The van der Waals surface area contributed by atoms with Crippen LogP contribution in [-0.2, 0) is 0 Å². The fourth-order valence-electron chi connectivity index (χ4n) is 1.47. The van der Waals surface area contributed by atoms with Crippen LogP contribution in [0.25, 0.3) is 11.5 Å². The van der Waals surface area contributed by atoms with Gasteiger partial charge in [-0.25, -0.2) is 4.98 Å². The lowest BCUT2D eigenvalue weighted by Gasteiger charge is -2.14. The first-order valence-corrected chi connectivity index (χ1v) is 5.50. The van der Waals surface area contributed by atoms with Crippen molar-refractivity contribution in [3.05, 3.63) is 36.3 Å². The number of hydrogen-bond donors (Lipinski definition) is 1. The molecule has 0 atom stereocenters. The minimum absolute atomic E-state index is 0.0483. The summed E-state index contributed by atoms with van der Waals surface area (Å²) in [5.74, 6) is 0.672. The van der Waals surface area contributed by atoms with E-state index in [-0.39, 0.29) is 5.78 Å². The Morgan fingerprint density at radius 2 is 2.00 bits per heavy atom. The second kappa shape index (κ2) is 4.13. The second-order valence-electron chi connectivity index (χ2n) is 4.94. The molecule has 0 aliphatic carbocycles. The Balaban J connectivity index is 2.32. The van der Waals surface area contributed by atoms with Gasteiger partial charge < -0.3 is 4.98 Å². The van der Waals surface area contributed by atoms with Crippen LogP contribution < -0.4 is 0 Å². The number of pyridine rings is 1. The third-order valence-electron chi connectivity index (χ3n) is 2.41. The van der Waals surface area contributed by atoms with Crippen LogP contribution in [0.4, 0.5) is 0 Å². The van der Waals surface area contributed by atoms with Crippen molar-refractivity contribution in [1.82, 2.24) is 15.0 Å². The van der Waals surface area contributed by atoms with Crippen LogP contribution in [0, 0.1) is 5.41 Å². The van der Waals surface area contributed by atoms with E-state index in [1.54, 1.807) is 12.4 Å². The number of Topliss-reactive ketones (excluding diaryl/α,β-unsaturated/α-hetero) is 1. The standard InChI is InChI=1S/C13H15N3O/c1-13(2,3)11(17)10-8-15-12(16-10)9-6-4-5-7-14-9/h4-8H,1-3H3,(H,15,16). The van der Waals surface area contributed by atoms with Crippen molar-refractivity contribution >= 4 is 5.78 Å².